The van der Waals surface area contributed by atoms with Gasteiger partial charge in [0.05, 0.1) is 10.2 Å². The zero-order chi connectivity index (χ0) is 10.1. The fourth-order valence-corrected chi connectivity index (χ4v) is 2.70. The Labute approximate surface area is 92.1 Å². The third kappa shape index (κ3) is 1.51. The molecule has 2 aromatic heterocycles. The summed E-state index contributed by atoms with van der Waals surface area (Å²) in [7, 11) is 0. The average Bonchev–Trinajstić information content (AvgIpc) is 2.78. The maximum absolute atomic E-state index is 4.39. The van der Waals surface area contributed by atoms with Crippen LogP contribution in [0.4, 0.5) is 5.82 Å². The molecule has 0 aliphatic carbocycles. The lowest BCUT2D eigenvalue weighted by atomic mass is 10.2. The monoisotopic (exact) mass is 217 g/mol. The van der Waals surface area contributed by atoms with Gasteiger partial charge in [-0.25, -0.2) is 9.97 Å². The van der Waals surface area contributed by atoms with Gasteiger partial charge in [0.1, 0.15) is 12.1 Å². The molecule has 1 aliphatic heterocycles. The third-order valence-corrected chi connectivity index (χ3v) is 3.48. The molecular weight excluding hydrogens is 206 g/mol. The molecule has 0 saturated carbocycles. The second-order valence-electron chi connectivity index (χ2n) is 3.54. The summed E-state index contributed by atoms with van der Waals surface area (Å²) in [6.07, 6.45) is 7.19. The lowest BCUT2D eigenvalue weighted by molar-refractivity contribution is 0.809. The number of rotatable bonds is 1. The van der Waals surface area contributed by atoms with Gasteiger partial charge in [-0.3, -0.25) is 0 Å². The standard InChI is InChI=1S/C11H11N3S/c1-2-5-14(6-3-1)11-10-9(4-7-15-10)12-8-13-11/h1-2,4,7-8H,3,5-6H2. The van der Waals surface area contributed by atoms with Gasteiger partial charge < -0.3 is 4.90 Å². The normalized spacial score (nSPS) is 16.1. The average molecular weight is 217 g/mol. The number of fused-ring (bicyclic) bond motifs is 1. The van der Waals surface area contributed by atoms with Crippen LogP contribution in [0.5, 0.6) is 0 Å². The third-order valence-electron chi connectivity index (χ3n) is 2.58. The van der Waals surface area contributed by atoms with Crippen LogP contribution >= 0.6 is 11.3 Å². The van der Waals surface area contributed by atoms with Crippen molar-refractivity contribution in [2.24, 2.45) is 0 Å². The van der Waals surface area contributed by atoms with E-state index in [0.717, 1.165) is 30.8 Å². The highest BCUT2D eigenvalue weighted by Gasteiger charge is 2.13. The molecule has 0 amide bonds. The fourth-order valence-electron chi connectivity index (χ4n) is 1.83. The van der Waals surface area contributed by atoms with Gasteiger partial charge in [-0.1, -0.05) is 12.2 Å². The van der Waals surface area contributed by atoms with Crippen molar-refractivity contribution < 1.29 is 0 Å². The van der Waals surface area contributed by atoms with Crippen molar-refractivity contribution in [3.05, 3.63) is 29.9 Å². The lowest BCUT2D eigenvalue weighted by Gasteiger charge is -2.24. The summed E-state index contributed by atoms with van der Waals surface area (Å²) < 4.78 is 1.20. The molecule has 0 N–H and O–H groups in total. The number of hydrogen-bond donors (Lipinski definition) is 0. The van der Waals surface area contributed by atoms with E-state index in [1.165, 1.54) is 4.70 Å². The molecule has 15 heavy (non-hydrogen) atoms. The number of thiophene rings is 1. The summed E-state index contributed by atoms with van der Waals surface area (Å²) in [4.78, 5) is 11.0. The highest BCUT2D eigenvalue weighted by molar-refractivity contribution is 7.17. The summed E-state index contributed by atoms with van der Waals surface area (Å²) >= 11 is 1.72. The summed E-state index contributed by atoms with van der Waals surface area (Å²) in [5, 5.41) is 2.07. The van der Waals surface area contributed by atoms with E-state index in [1.54, 1.807) is 17.7 Å². The maximum atomic E-state index is 4.39. The Kier molecular flexibility index (Phi) is 2.14. The first-order valence-corrected chi connectivity index (χ1v) is 5.91. The van der Waals surface area contributed by atoms with Crippen LogP contribution in [0.2, 0.25) is 0 Å². The minimum Gasteiger partial charge on any atom is -0.351 e. The number of nitrogens with zero attached hydrogens (tertiary/aromatic N) is 3. The van der Waals surface area contributed by atoms with Crippen molar-refractivity contribution in [3.8, 4) is 0 Å². The molecule has 0 unspecified atom stereocenters. The van der Waals surface area contributed by atoms with E-state index in [1.807, 2.05) is 6.07 Å². The molecule has 4 heteroatoms. The molecule has 0 bridgehead atoms. The van der Waals surface area contributed by atoms with Crippen LogP contribution in [0, 0.1) is 0 Å². The Bertz CT molecular complexity index is 503. The number of anilines is 1. The minimum absolute atomic E-state index is 0.962. The quantitative estimate of drug-likeness (QED) is 0.687. The fraction of sp³-hybridized carbons (Fsp3) is 0.273. The Balaban J connectivity index is 2.09. The van der Waals surface area contributed by atoms with Gasteiger partial charge in [-0.05, 0) is 17.9 Å². The predicted octanol–water partition coefficient (Wildman–Crippen LogP) is 2.46. The smallest absolute Gasteiger partial charge is 0.150 e. The van der Waals surface area contributed by atoms with Crippen LogP contribution in [0.1, 0.15) is 6.42 Å². The van der Waals surface area contributed by atoms with Gasteiger partial charge in [-0.15, -0.1) is 11.3 Å². The van der Waals surface area contributed by atoms with Crippen LogP contribution in [0.25, 0.3) is 10.2 Å². The van der Waals surface area contributed by atoms with Gasteiger partial charge in [0.25, 0.3) is 0 Å². The van der Waals surface area contributed by atoms with Crippen LogP contribution in [0.15, 0.2) is 29.9 Å². The van der Waals surface area contributed by atoms with E-state index in [0.29, 0.717) is 0 Å². The van der Waals surface area contributed by atoms with E-state index in [9.17, 15) is 0 Å². The van der Waals surface area contributed by atoms with E-state index in [2.05, 4.69) is 32.4 Å². The van der Waals surface area contributed by atoms with E-state index in [4.69, 9.17) is 0 Å². The summed E-state index contributed by atoms with van der Waals surface area (Å²) in [6.45, 7) is 2.02. The molecule has 3 rings (SSSR count). The first-order valence-electron chi connectivity index (χ1n) is 5.03. The van der Waals surface area contributed by atoms with Crippen LogP contribution in [0.3, 0.4) is 0 Å². The van der Waals surface area contributed by atoms with E-state index >= 15 is 0 Å². The topological polar surface area (TPSA) is 29.0 Å². The SMILES string of the molecule is C1=CCN(c2ncnc3ccsc23)CC1. The van der Waals surface area contributed by atoms with Crippen molar-refractivity contribution in [2.45, 2.75) is 6.42 Å². The van der Waals surface area contributed by atoms with Gasteiger partial charge in [0.15, 0.2) is 0 Å². The van der Waals surface area contributed by atoms with Crippen LogP contribution in [-0.2, 0) is 0 Å². The van der Waals surface area contributed by atoms with Crippen molar-refractivity contribution >= 4 is 27.4 Å². The molecule has 3 heterocycles. The second kappa shape index (κ2) is 3.62. The Hall–Kier alpha value is -1.42. The molecule has 0 radical (unpaired) electrons. The largest absolute Gasteiger partial charge is 0.351 e. The maximum Gasteiger partial charge on any atom is 0.150 e. The molecule has 2 aromatic rings. The molecule has 76 valence electrons. The van der Waals surface area contributed by atoms with Gasteiger partial charge in [-0.2, -0.15) is 0 Å². The molecule has 0 aromatic carbocycles. The molecule has 0 saturated heterocycles. The van der Waals surface area contributed by atoms with Crippen LogP contribution in [-0.4, -0.2) is 23.1 Å². The van der Waals surface area contributed by atoms with Crippen molar-refractivity contribution in [1.29, 1.82) is 0 Å². The lowest BCUT2D eigenvalue weighted by Crippen LogP contribution is -2.27. The van der Waals surface area contributed by atoms with Crippen molar-refractivity contribution in [3.63, 3.8) is 0 Å². The van der Waals surface area contributed by atoms with E-state index < -0.39 is 0 Å². The Morgan fingerprint density at radius 1 is 1.27 bits per heavy atom. The first-order chi connectivity index (χ1) is 7.45. The highest BCUT2D eigenvalue weighted by atomic mass is 32.1. The number of hydrogen-bond acceptors (Lipinski definition) is 4. The Morgan fingerprint density at radius 2 is 2.27 bits per heavy atom. The zero-order valence-electron chi connectivity index (χ0n) is 8.26. The van der Waals surface area contributed by atoms with E-state index in [-0.39, 0.29) is 0 Å². The summed E-state index contributed by atoms with van der Waals surface area (Å²) in [5.74, 6) is 1.08. The predicted molar refractivity (Wildman–Crippen MR) is 63.4 cm³/mol. The minimum atomic E-state index is 0.962. The molecule has 1 aliphatic rings. The molecular formula is C11H11N3S. The van der Waals surface area contributed by atoms with Gasteiger partial charge >= 0.3 is 0 Å². The van der Waals surface area contributed by atoms with Crippen molar-refractivity contribution in [1.82, 2.24) is 9.97 Å². The zero-order valence-corrected chi connectivity index (χ0v) is 9.07. The van der Waals surface area contributed by atoms with Crippen molar-refractivity contribution in [2.75, 3.05) is 18.0 Å². The summed E-state index contributed by atoms with van der Waals surface area (Å²) in [6, 6.07) is 2.05. The highest BCUT2D eigenvalue weighted by Crippen LogP contribution is 2.28. The summed E-state index contributed by atoms with van der Waals surface area (Å²) in [5.41, 5.74) is 1.06. The van der Waals surface area contributed by atoms with Crippen LogP contribution < -0.4 is 4.90 Å². The van der Waals surface area contributed by atoms with Gasteiger partial charge in [0, 0.05) is 13.1 Å². The first kappa shape index (κ1) is 8.85. The molecule has 3 nitrogen and oxygen atoms in total. The molecule has 0 spiro atoms. The van der Waals surface area contributed by atoms with Gasteiger partial charge in [0.2, 0.25) is 0 Å². The Morgan fingerprint density at radius 3 is 3.13 bits per heavy atom. The number of aromatic nitrogens is 2. The second-order valence-corrected chi connectivity index (χ2v) is 4.45. The molecule has 0 fully saturated rings. The molecule has 0 atom stereocenters.